The Morgan fingerprint density at radius 2 is 1.27 bits per heavy atom. The largest absolute Gasteiger partial charge is 1.00 e. The van der Waals surface area contributed by atoms with Crippen molar-refractivity contribution in [3.8, 4) is 0 Å². The van der Waals surface area contributed by atoms with Crippen LogP contribution in [0.2, 0.25) is 0 Å². The third kappa shape index (κ3) is 17.9. The van der Waals surface area contributed by atoms with Crippen LogP contribution in [0.5, 0.6) is 0 Å². The van der Waals surface area contributed by atoms with E-state index in [1.165, 1.54) is 32.1 Å². The van der Waals surface area contributed by atoms with Crippen molar-refractivity contribution in [2.45, 2.75) is 58.3 Å². The first-order chi connectivity index (χ1) is 6.56. The van der Waals surface area contributed by atoms with Crippen LogP contribution in [0, 0.1) is 0 Å². The third-order valence-electron chi connectivity index (χ3n) is 2.29. The van der Waals surface area contributed by atoms with Crippen LogP contribution in [0.4, 0.5) is 0 Å². The van der Waals surface area contributed by atoms with Crippen molar-refractivity contribution in [3.05, 3.63) is 0 Å². The van der Waals surface area contributed by atoms with Crippen LogP contribution >= 0.6 is 7.94 Å². The molecule has 0 heterocycles. The first-order valence-corrected chi connectivity index (χ1v) is 7.35. The zero-order valence-corrected chi connectivity index (χ0v) is 13.0. The van der Waals surface area contributed by atoms with E-state index in [9.17, 15) is 9.79 Å². The molecule has 0 aliphatic heterocycles. The molecule has 0 amide bonds. The Balaban J connectivity index is 0. The molecule has 0 aromatic rings. The van der Waals surface area contributed by atoms with E-state index < -0.39 is 7.94 Å². The second kappa shape index (κ2) is 11.8. The Hall–Kier alpha value is 1.31. The van der Waals surface area contributed by atoms with E-state index in [4.69, 9.17) is 4.89 Å². The molecule has 0 saturated carbocycles. The van der Waals surface area contributed by atoms with Crippen molar-refractivity contribution in [2.24, 2.45) is 0 Å². The van der Waals surface area contributed by atoms with Gasteiger partial charge in [0.1, 0.15) is 0 Å². The zero-order valence-electron chi connectivity index (χ0n) is 10.1. The number of unbranched alkanes of at least 4 members (excludes halogenated alkanes) is 7. The predicted octanol–water partition coefficient (Wildman–Crippen LogP) is -1.39. The number of hydrogen-bond donors (Lipinski definition) is 1. The minimum Gasteiger partial charge on any atom is -0.660 e. The van der Waals surface area contributed by atoms with Gasteiger partial charge >= 0.3 is 29.6 Å². The second-order valence-corrected chi connectivity index (χ2v) is 5.56. The monoisotopic (exact) mass is 244 g/mol. The van der Waals surface area contributed by atoms with E-state index >= 15 is 0 Å². The molecule has 0 bridgehead atoms. The Kier molecular flexibility index (Phi) is 14.7. The Morgan fingerprint density at radius 3 is 1.67 bits per heavy atom. The van der Waals surface area contributed by atoms with Crippen LogP contribution in [0.1, 0.15) is 58.3 Å². The summed E-state index contributed by atoms with van der Waals surface area (Å²) in [6.07, 6.45) is 8.83. The number of rotatable bonds is 9. The summed E-state index contributed by atoms with van der Waals surface area (Å²) in [5.74, 6) is 0. The van der Waals surface area contributed by atoms with Gasteiger partial charge in [-0.25, -0.2) is 0 Å². The van der Waals surface area contributed by atoms with Gasteiger partial charge in [-0.1, -0.05) is 45.4 Å². The van der Waals surface area contributed by atoms with Gasteiger partial charge in [0.05, 0.1) is 6.16 Å². The average molecular weight is 244 g/mol. The SMILES string of the molecule is CCCCCCCCCC[P+]([O-])([O-])O.[Na+]. The smallest absolute Gasteiger partial charge is 0.660 e. The summed E-state index contributed by atoms with van der Waals surface area (Å²) < 4.78 is 0. The minimum atomic E-state index is -3.98. The maximum Gasteiger partial charge on any atom is 1.00 e. The third-order valence-corrected chi connectivity index (χ3v) is 3.18. The summed E-state index contributed by atoms with van der Waals surface area (Å²) in [6.45, 7) is 2.19. The van der Waals surface area contributed by atoms with E-state index in [0.717, 1.165) is 12.8 Å². The second-order valence-electron chi connectivity index (χ2n) is 3.84. The van der Waals surface area contributed by atoms with Gasteiger partial charge < -0.3 is 9.79 Å². The number of hydrogen-bond acceptors (Lipinski definition) is 3. The molecule has 0 spiro atoms. The molecule has 0 aliphatic rings. The molecule has 0 aliphatic carbocycles. The van der Waals surface area contributed by atoms with Crippen molar-refractivity contribution in [2.75, 3.05) is 6.16 Å². The summed E-state index contributed by atoms with van der Waals surface area (Å²) in [5, 5.41) is 0. The standard InChI is InChI=1S/C10H23O3P.Na/c1-2-3-4-5-6-7-8-9-10-14(11,12)13;/h2-10H2,1H3,(H2,11,12,13);/q;+1/p-1. The van der Waals surface area contributed by atoms with E-state index in [-0.39, 0.29) is 35.7 Å². The van der Waals surface area contributed by atoms with Crippen LogP contribution in [-0.2, 0) is 0 Å². The van der Waals surface area contributed by atoms with E-state index in [1.54, 1.807) is 0 Å². The maximum absolute atomic E-state index is 10.4. The van der Waals surface area contributed by atoms with Crippen molar-refractivity contribution in [3.63, 3.8) is 0 Å². The summed E-state index contributed by atoms with van der Waals surface area (Å²) in [6, 6.07) is 0. The van der Waals surface area contributed by atoms with Crippen LogP contribution in [0.25, 0.3) is 0 Å². The van der Waals surface area contributed by atoms with Gasteiger partial charge in [0.25, 0.3) is 0 Å². The van der Waals surface area contributed by atoms with Crippen molar-refractivity contribution in [1.29, 1.82) is 0 Å². The molecule has 15 heavy (non-hydrogen) atoms. The van der Waals surface area contributed by atoms with Gasteiger partial charge in [-0.05, 0) is 12.8 Å². The van der Waals surface area contributed by atoms with Gasteiger partial charge in [0, 0.05) is 7.94 Å². The molecule has 0 radical (unpaired) electrons. The summed E-state index contributed by atoms with van der Waals surface area (Å²) in [4.78, 5) is 29.3. The molecule has 0 aromatic heterocycles. The Morgan fingerprint density at radius 1 is 0.867 bits per heavy atom. The molecule has 0 fully saturated rings. The maximum atomic E-state index is 10.4. The molecule has 3 nitrogen and oxygen atoms in total. The average Bonchev–Trinajstić information content (AvgIpc) is 2.08. The predicted molar refractivity (Wildman–Crippen MR) is 56.6 cm³/mol. The molecule has 0 saturated heterocycles. The van der Waals surface area contributed by atoms with Gasteiger partial charge in [-0.15, -0.1) is 0 Å². The first-order valence-electron chi connectivity index (χ1n) is 5.59. The quantitative estimate of drug-likeness (QED) is 0.308. The normalized spacial score (nSPS) is 11.2. The van der Waals surface area contributed by atoms with E-state index in [1.807, 2.05) is 0 Å². The summed E-state index contributed by atoms with van der Waals surface area (Å²) in [7, 11) is -3.98. The van der Waals surface area contributed by atoms with Gasteiger partial charge in [-0.3, -0.25) is 4.89 Å². The Bertz CT molecular complexity index is 128. The Labute approximate surface area is 116 Å². The zero-order chi connectivity index (χ0) is 10.9. The molecule has 0 unspecified atom stereocenters. The van der Waals surface area contributed by atoms with Crippen LogP contribution in [-0.4, -0.2) is 11.1 Å². The molecule has 1 N–H and O–H groups in total. The van der Waals surface area contributed by atoms with Crippen molar-refractivity contribution >= 4 is 7.94 Å². The van der Waals surface area contributed by atoms with E-state index in [0.29, 0.717) is 6.42 Å². The van der Waals surface area contributed by atoms with Gasteiger partial charge in [0.2, 0.25) is 0 Å². The van der Waals surface area contributed by atoms with E-state index in [2.05, 4.69) is 6.92 Å². The van der Waals surface area contributed by atoms with Gasteiger partial charge in [-0.2, -0.15) is 0 Å². The molecule has 0 aromatic carbocycles. The van der Waals surface area contributed by atoms with Crippen LogP contribution < -0.4 is 39.3 Å². The van der Waals surface area contributed by atoms with Crippen LogP contribution in [0.3, 0.4) is 0 Å². The van der Waals surface area contributed by atoms with Gasteiger partial charge in [0.15, 0.2) is 0 Å². The topological polar surface area (TPSA) is 66.3 Å². The molecular formula is C10H22NaO3P. The van der Waals surface area contributed by atoms with Crippen LogP contribution in [0.15, 0.2) is 0 Å². The fraction of sp³-hybridized carbons (Fsp3) is 1.00. The molecule has 86 valence electrons. The summed E-state index contributed by atoms with van der Waals surface area (Å²) in [5.41, 5.74) is 0. The molecule has 0 rings (SSSR count). The minimum absolute atomic E-state index is 0. The molecule has 0 atom stereocenters. The fourth-order valence-electron chi connectivity index (χ4n) is 1.45. The summed E-state index contributed by atoms with van der Waals surface area (Å²) >= 11 is 0. The first kappa shape index (κ1) is 18.7. The van der Waals surface area contributed by atoms with Crippen molar-refractivity contribution < 1.29 is 44.2 Å². The molecular weight excluding hydrogens is 222 g/mol. The molecule has 5 heteroatoms. The fourth-order valence-corrected chi connectivity index (χ4v) is 2.07. The van der Waals surface area contributed by atoms with Crippen molar-refractivity contribution in [1.82, 2.24) is 0 Å².